The highest BCUT2D eigenvalue weighted by Gasteiger charge is 2.35. The largest absolute Gasteiger partial charge is 0.467 e. The maximum atomic E-state index is 12.3. The fourth-order valence-corrected chi connectivity index (χ4v) is 3.60. The molecule has 0 rings (SSSR count). The van der Waals surface area contributed by atoms with Gasteiger partial charge in [0, 0.05) is 6.42 Å². The van der Waals surface area contributed by atoms with E-state index >= 15 is 0 Å². The summed E-state index contributed by atoms with van der Waals surface area (Å²) in [6.45, 7) is 6.07. The van der Waals surface area contributed by atoms with Gasteiger partial charge in [-0.15, -0.1) is 0 Å². The van der Waals surface area contributed by atoms with Crippen molar-refractivity contribution in [2.24, 2.45) is 0 Å². The van der Waals surface area contributed by atoms with E-state index < -0.39 is 11.5 Å². The first-order valence-corrected chi connectivity index (χ1v) is 11.8. The molecule has 0 aromatic rings. The normalized spacial score (nSPS) is 13.0. The summed E-state index contributed by atoms with van der Waals surface area (Å²) in [6, 6.07) is 0. The molecule has 5 heteroatoms. The average molecular weight is 412 g/mol. The predicted octanol–water partition coefficient (Wildman–Crippen LogP) is 5.88. The molecule has 0 heterocycles. The van der Waals surface area contributed by atoms with E-state index in [0.29, 0.717) is 12.8 Å². The topological polar surface area (TPSA) is 72.5 Å². The minimum absolute atomic E-state index is 0.0529. The molecule has 0 aromatic heterocycles. The lowest BCUT2D eigenvalue weighted by molar-refractivity contribution is -0.151. The molecule has 0 aliphatic carbocycles. The van der Waals surface area contributed by atoms with E-state index in [-0.39, 0.29) is 18.1 Å². The number of methoxy groups -OCH3 is 1. The summed E-state index contributed by atoms with van der Waals surface area (Å²) in [5.74, 6) is -0.876. The second-order valence-electron chi connectivity index (χ2n) is 8.48. The number of Topliss-reactive ketones (excluding diaryl/α,β-unsaturated/α-hetero) is 1. The number of hydrogen-bond donors (Lipinski definition) is 1. The highest BCUT2D eigenvalue weighted by molar-refractivity contribution is 6.00. The summed E-state index contributed by atoms with van der Waals surface area (Å²) in [5, 5.41) is 2.77. The van der Waals surface area contributed by atoms with Gasteiger partial charge in [-0.05, 0) is 19.8 Å². The molecule has 29 heavy (non-hydrogen) atoms. The Balaban J connectivity index is 4.24. The van der Waals surface area contributed by atoms with Crippen molar-refractivity contribution in [3.63, 3.8) is 0 Å². The summed E-state index contributed by atoms with van der Waals surface area (Å²) >= 11 is 0. The van der Waals surface area contributed by atoms with Crippen molar-refractivity contribution in [1.82, 2.24) is 5.32 Å². The van der Waals surface area contributed by atoms with Crippen LogP contribution in [0.3, 0.4) is 0 Å². The third-order valence-corrected chi connectivity index (χ3v) is 5.50. The van der Waals surface area contributed by atoms with Crippen LogP contribution < -0.4 is 5.32 Å². The minimum atomic E-state index is -1.06. The Morgan fingerprint density at radius 2 is 1.24 bits per heavy atom. The quantitative estimate of drug-likeness (QED) is 0.163. The predicted molar refractivity (Wildman–Crippen MR) is 119 cm³/mol. The Morgan fingerprint density at radius 3 is 1.76 bits per heavy atom. The van der Waals surface area contributed by atoms with Gasteiger partial charge in [0.2, 0.25) is 5.91 Å². The van der Waals surface area contributed by atoms with Gasteiger partial charge in [0.15, 0.2) is 0 Å². The molecule has 0 aromatic carbocycles. The van der Waals surface area contributed by atoms with E-state index in [1.165, 1.54) is 52.1 Å². The fourth-order valence-electron chi connectivity index (χ4n) is 3.60. The number of ether oxygens (including phenoxy) is 1. The van der Waals surface area contributed by atoms with E-state index in [1.807, 2.05) is 0 Å². The van der Waals surface area contributed by atoms with Crippen LogP contribution in [0.15, 0.2) is 0 Å². The number of esters is 1. The van der Waals surface area contributed by atoms with Crippen LogP contribution in [0.4, 0.5) is 0 Å². The molecule has 0 aliphatic heterocycles. The Kier molecular flexibility index (Phi) is 16.6. The van der Waals surface area contributed by atoms with Crippen LogP contribution in [0, 0.1) is 0 Å². The van der Waals surface area contributed by atoms with Crippen molar-refractivity contribution < 1.29 is 19.1 Å². The molecule has 1 amide bonds. The molecule has 170 valence electrons. The SMILES string of the molecule is CCCCCCCCCC(=O)CC(=O)N[C@](C)(CCCCCCCC)C(=O)OC. The number of amides is 1. The minimum Gasteiger partial charge on any atom is -0.467 e. The first-order valence-electron chi connectivity index (χ1n) is 11.8. The summed E-state index contributed by atoms with van der Waals surface area (Å²) in [6.07, 6.45) is 15.5. The van der Waals surface area contributed by atoms with Crippen molar-refractivity contribution >= 4 is 17.7 Å². The second-order valence-corrected chi connectivity index (χ2v) is 8.48. The zero-order valence-electron chi connectivity index (χ0n) is 19.4. The zero-order chi connectivity index (χ0) is 22.0. The van der Waals surface area contributed by atoms with Crippen LogP contribution in [0.25, 0.3) is 0 Å². The number of carbonyl (C=O) groups is 3. The van der Waals surface area contributed by atoms with Crippen LogP contribution in [0.5, 0.6) is 0 Å². The molecular formula is C24H45NO4. The number of unbranched alkanes of at least 4 members (excludes halogenated alkanes) is 11. The third kappa shape index (κ3) is 14.3. The first kappa shape index (κ1) is 27.6. The van der Waals surface area contributed by atoms with Gasteiger partial charge >= 0.3 is 5.97 Å². The fraction of sp³-hybridized carbons (Fsp3) is 0.875. The molecule has 1 atom stereocenters. The van der Waals surface area contributed by atoms with Crippen molar-refractivity contribution in [1.29, 1.82) is 0 Å². The standard InChI is InChI=1S/C24H45NO4/c1-5-7-9-11-13-14-16-18-21(26)20-22(27)25-24(3,23(28)29-4)19-17-15-12-10-8-6-2/h5-20H2,1-4H3,(H,25,27)/t24-/m1/s1. The monoisotopic (exact) mass is 411 g/mol. The van der Waals surface area contributed by atoms with Crippen LogP contribution in [-0.2, 0) is 19.1 Å². The van der Waals surface area contributed by atoms with Crippen molar-refractivity contribution in [2.75, 3.05) is 7.11 Å². The Bertz CT molecular complexity index is 464. The van der Waals surface area contributed by atoms with Crippen LogP contribution in [0.1, 0.15) is 124 Å². The molecule has 0 aliphatic rings. The summed E-state index contributed by atoms with van der Waals surface area (Å²) < 4.78 is 4.90. The molecule has 0 saturated carbocycles. The van der Waals surface area contributed by atoms with Gasteiger partial charge in [-0.3, -0.25) is 9.59 Å². The number of hydrogen-bond acceptors (Lipinski definition) is 4. The zero-order valence-corrected chi connectivity index (χ0v) is 19.4. The van der Waals surface area contributed by atoms with E-state index in [1.54, 1.807) is 6.92 Å². The smallest absolute Gasteiger partial charge is 0.331 e. The maximum absolute atomic E-state index is 12.3. The summed E-state index contributed by atoms with van der Waals surface area (Å²) in [7, 11) is 1.33. The lowest BCUT2D eigenvalue weighted by atomic mass is 9.93. The van der Waals surface area contributed by atoms with Gasteiger partial charge in [0.05, 0.1) is 13.5 Å². The average Bonchev–Trinajstić information content (AvgIpc) is 2.69. The van der Waals surface area contributed by atoms with Crippen LogP contribution >= 0.6 is 0 Å². The van der Waals surface area contributed by atoms with E-state index in [2.05, 4.69) is 19.2 Å². The van der Waals surface area contributed by atoms with Gasteiger partial charge in [-0.25, -0.2) is 4.79 Å². The Labute approximate surface area is 178 Å². The van der Waals surface area contributed by atoms with Gasteiger partial charge in [0.25, 0.3) is 0 Å². The van der Waals surface area contributed by atoms with E-state index in [9.17, 15) is 14.4 Å². The van der Waals surface area contributed by atoms with Crippen molar-refractivity contribution in [2.45, 2.75) is 129 Å². The molecule has 0 spiro atoms. The molecule has 0 unspecified atom stereocenters. The van der Waals surface area contributed by atoms with Gasteiger partial charge in [0.1, 0.15) is 11.3 Å². The van der Waals surface area contributed by atoms with Gasteiger partial charge < -0.3 is 10.1 Å². The highest BCUT2D eigenvalue weighted by atomic mass is 16.5. The third-order valence-electron chi connectivity index (χ3n) is 5.50. The second kappa shape index (κ2) is 17.5. The highest BCUT2D eigenvalue weighted by Crippen LogP contribution is 2.18. The number of carbonyl (C=O) groups excluding carboxylic acids is 3. The molecule has 0 radical (unpaired) electrons. The van der Waals surface area contributed by atoms with E-state index in [0.717, 1.165) is 38.5 Å². The Hall–Kier alpha value is -1.39. The maximum Gasteiger partial charge on any atom is 0.331 e. The molecule has 0 saturated heterocycles. The van der Waals surface area contributed by atoms with Crippen molar-refractivity contribution in [3.8, 4) is 0 Å². The van der Waals surface area contributed by atoms with Crippen LogP contribution in [0.2, 0.25) is 0 Å². The molecule has 0 bridgehead atoms. The molecule has 5 nitrogen and oxygen atoms in total. The number of nitrogens with one attached hydrogen (secondary N) is 1. The lowest BCUT2D eigenvalue weighted by Crippen LogP contribution is -2.53. The number of ketones is 1. The van der Waals surface area contributed by atoms with Gasteiger partial charge in [-0.2, -0.15) is 0 Å². The summed E-state index contributed by atoms with van der Waals surface area (Å²) in [5.41, 5.74) is -1.06. The number of rotatable bonds is 19. The van der Waals surface area contributed by atoms with Crippen molar-refractivity contribution in [3.05, 3.63) is 0 Å². The van der Waals surface area contributed by atoms with E-state index in [4.69, 9.17) is 4.74 Å². The van der Waals surface area contributed by atoms with Gasteiger partial charge in [-0.1, -0.05) is 90.9 Å². The molecule has 0 fully saturated rings. The van der Waals surface area contributed by atoms with Crippen LogP contribution in [-0.4, -0.2) is 30.3 Å². The summed E-state index contributed by atoms with van der Waals surface area (Å²) in [4.78, 5) is 36.6. The first-order chi connectivity index (χ1) is 13.9. The molecule has 1 N–H and O–H groups in total. The lowest BCUT2D eigenvalue weighted by Gasteiger charge is -2.28. The molecular weight excluding hydrogens is 366 g/mol. The Morgan fingerprint density at radius 1 is 0.759 bits per heavy atom.